The average molecular weight is 404 g/mol. The molecule has 28 heavy (non-hydrogen) atoms. The molecule has 0 aromatic heterocycles. The highest BCUT2D eigenvalue weighted by atomic mass is 16.4. The van der Waals surface area contributed by atoms with Gasteiger partial charge in [0.05, 0.1) is 12.5 Å². The van der Waals surface area contributed by atoms with Crippen LogP contribution < -0.4 is 21.7 Å². The molecule has 160 valence electrons. The maximum absolute atomic E-state index is 12.5. The van der Waals surface area contributed by atoms with E-state index in [1.54, 1.807) is 13.8 Å². The van der Waals surface area contributed by atoms with Crippen LogP contribution in [0, 0.1) is 5.92 Å². The Morgan fingerprint density at radius 1 is 0.857 bits per heavy atom. The number of carboxylic acids is 2. The molecule has 0 fully saturated rings. The minimum absolute atomic E-state index is 0.0583. The van der Waals surface area contributed by atoms with Gasteiger partial charge < -0.3 is 37.0 Å². The van der Waals surface area contributed by atoms with Crippen LogP contribution in [0.15, 0.2) is 0 Å². The largest absolute Gasteiger partial charge is 0.481 e. The minimum Gasteiger partial charge on any atom is -0.481 e. The fourth-order valence-electron chi connectivity index (χ4n) is 2.13. The summed E-state index contributed by atoms with van der Waals surface area (Å²) in [6.07, 6.45) is -1.86. The first kappa shape index (κ1) is 25.3. The number of aliphatic carboxylic acids is 2. The van der Waals surface area contributed by atoms with Gasteiger partial charge in [-0.1, -0.05) is 13.8 Å². The molecule has 0 aromatic carbocycles. The van der Waals surface area contributed by atoms with Crippen molar-refractivity contribution in [3.05, 3.63) is 0 Å². The Bertz CT molecular complexity index is 593. The zero-order chi connectivity index (χ0) is 22.0. The van der Waals surface area contributed by atoms with Gasteiger partial charge in [0.15, 0.2) is 0 Å². The van der Waals surface area contributed by atoms with Crippen molar-refractivity contribution >= 4 is 29.7 Å². The van der Waals surface area contributed by atoms with Crippen LogP contribution in [0.4, 0.5) is 0 Å². The van der Waals surface area contributed by atoms with E-state index in [1.165, 1.54) is 6.92 Å². The summed E-state index contributed by atoms with van der Waals surface area (Å²) < 4.78 is 0. The van der Waals surface area contributed by atoms with E-state index >= 15 is 0 Å². The van der Waals surface area contributed by atoms with Crippen molar-refractivity contribution in [3.8, 4) is 0 Å². The van der Waals surface area contributed by atoms with Crippen LogP contribution in [-0.4, -0.2) is 75.8 Å². The van der Waals surface area contributed by atoms with Crippen molar-refractivity contribution in [3.63, 3.8) is 0 Å². The molecule has 0 aliphatic rings. The van der Waals surface area contributed by atoms with E-state index in [2.05, 4.69) is 16.0 Å². The molecule has 0 aromatic rings. The normalized spacial score (nSPS) is 15.1. The maximum atomic E-state index is 12.5. The Labute approximate surface area is 161 Å². The van der Waals surface area contributed by atoms with E-state index in [9.17, 15) is 29.1 Å². The Kier molecular flexibility index (Phi) is 10.7. The third-order valence-corrected chi connectivity index (χ3v) is 3.59. The molecule has 4 atom stereocenters. The van der Waals surface area contributed by atoms with Gasteiger partial charge in [0.2, 0.25) is 17.7 Å². The zero-order valence-corrected chi connectivity index (χ0v) is 16.0. The van der Waals surface area contributed by atoms with Crippen LogP contribution in [-0.2, 0) is 24.0 Å². The number of aliphatic hydroxyl groups is 1. The van der Waals surface area contributed by atoms with Crippen LogP contribution in [0.25, 0.3) is 0 Å². The molecule has 0 spiro atoms. The molecule has 0 heterocycles. The number of hydrogen-bond acceptors (Lipinski definition) is 7. The Balaban J connectivity index is 5.28. The summed E-state index contributed by atoms with van der Waals surface area (Å²) >= 11 is 0. The molecule has 3 amide bonds. The number of carboxylic acid groups (broad SMARTS) is 2. The van der Waals surface area contributed by atoms with Gasteiger partial charge in [-0.05, 0) is 19.3 Å². The molecule has 0 radical (unpaired) electrons. The standard InChI is InChI=1S/C16H28N4O8/c1-7(2)4-9(14(26)18-6-12(24)25)19-15(27)10(5-11(22)23)20-16(28)13(17)8(3)21/h7-10,13,21H,4-6,17H2,1-3H3,(H,18,26)(H,19,27)(H,20,28)(H,22,23)(H,24,25). The van der Waals surface area contributed by atoms with Crippen molar-refractivity contribution in [2.45, 2.75) is 57.8 Å². The highest BCUT2D eigenvalue weighted by Gasteiger charge is 2.31. The van der Waals surface area contributed by atoms with Crippen LogP contribution in [0.1, 0.15) is 33.6 Å². The first-order valence-electron chi connectivity index (χ1n) is 8.60. The number of carbonyl (C=O) groups excluding carboxylic acids is 3. The lowest BCUT2D eigenvalue weighted by atomic mass is 10.0. The average Bonchev–Trinajstić information content (AvgIpc) is 2.56. The summed E-state index contributed by atoms with van der Waals surface area (Å²) in [6, 6.07) is -4.06. The first-order valence-corrected chi connectivity index (χ1v) is 8.60. The van der Waals surface area contributed by atoms with Crippen LogP contribution >= 0.6 is 0 Å². The predicted molar refractivity (Wildman–Crippen MR) is 95.9 cm³/mol. The van der Waals surface area contributed by atoms with E-state index in [4.69, 9.17) is 15.9 Å². The van der Waals surface area contributed by atoms with Crippen LogP contribution in [0.5, 0.6) is 0 Å². The van der Waals surface area contributed by atoms with E-state index in [0.29, 0.717) is 0 Å². The van der Waals surface area contributed by atoms with Crippen molar-refractivity contribution < 1.29 is 39.3 Å². The Morgan fingerprint density at radius 2 is 1.39 bits per heavy atom. The van der Waals surface area contributed by atoms with E-state index in [1.807, 2.05) is 0 Å². The number of nitrogens with two attached hydrogens (primary N) is 1. The van der Waals surface area contributed by atoms with Crippen molar-refractivity contribution in [1.29, 1.82) is 0 Å². The summed E-state index contributed by atoms with van der Waals surface area (Å²) in [5.41, 5.74) is 5.46. The van der Waals surface area contributed by atoms with E-state index < -0.39 is 66.9 Å². The molecular formula is C16H28N4O8. The SMILES string of the molecule is CC(C)CC(NC(=O)C(CC(=O)O)NC(=O)C(N)C(C)O)C(=O)NCC(=O)O. The van der Waals surface area contributed by atoms with Crippen LogP contribution in [0.3, 0.4) is 0 Å². The quantitative estimate of drug-likeness (QED) is 0.181. The van der Waals surface area contributed by atoms with Gasteiger partial charge in [-0.2, -0.15) is 0 Å². The molecule has 8 N–H and O–H groups in total. The van der Waals surface area contributed by atoms with Gasteiger partial charge >= 0.3 is 11.9 Å². The van der Waals surface area contributed by atoms with E-state index in [-0.39, 0.29) is 12.3 Å². The number of carbonyl (C=O) groups is 5. The Morgan fingerprint density at radius 3 is 1.82 bits per heavy atom. The first-order chi connectivity index (χ1) is 12.8. The minimum atomic E-state index is -1.54. The molecule has 12 nitrogen and oxygen atoms in total. The number of rotatable bonds is 12. The third-order valence-electron chi connectivity index (χ3n) is 3.59. The summed E-state index contributed by atoms with van der Waals surface area (Å²) in [7, 11) is 0. The van der Waals surface area contributed by atoms with Gasteiger partial charge in [-0.25, -0.2) is 0 Å². The van der Waals surface area contributed by atoms with Gasteiger partial charge in [-0.15, -0.1) is 0 Å². The highest BCUT2D eigenvalue weighted by molar-refractivity contribution is 5.95. The second-order valence-corrected chi connectivity index (χ2v) is 6.73. The predicted octanol–water partition coefficient (Wildman–Crippen LogP) is -2.61. The molecular weight excluding hydrogens is 376 g/mol. The molecule has 0 saturated heterocycles. The van der Waals surface area contributed by atoms with Crippen molar-refractivity contribution in [2.24, 2.45) is 11.7 Å². The molecule has 0 aliphatic carbocycles. The van der Waals surface area contributed by atoms with Crippen molar-refractivity contribution in [1.82, 2.24) is 16.0 Å². The zero-order valence-electron chi connectivity index (χ0n) is 16.0. The lowest BCUT2D eigenvalue weighted by Gasteiger charge is -2.24. The lowest BCUT2D eigenvalue weighted by Crippen LogP contribution is -2.58. The van der Waals surface area contributed by atoms with Gasteiger partial charge in [0.25, 0.3) is 0 Å². The molecule has 12 heteroatoms. The number of aliphatic hydroxyl groups excluding tert-OH is 1. The smallest absolute Gasteiger partial charge is 0.322 e. The summed E-state index contributed by atoms with van der Waals surface area (Å²) in [5, 5.41) is 33.6. The third kappa shape index (κ3) is 9.83. The Hall–Kier alpha value is -2.73. The second-order valence-electron chi connectivity index (χ2n) is 6.73. The number of hydrogen-bond donors (Lipinski definition) is 7. The second kappa shape index (κ2) is 11.9. The highest BCUT2D eigenvalue weighted by Crippen LogP contribution is 2.06. The summed E-state index contributed by atoms with van der Waals surface area (Å²) in [5.74, 6) is -5.37. The lowest BCUT2D eigenvalue weighted by molar-refractivity contribution is -0.142. The molecule has 0 aliphatic heterocycles. The maximum Gasteiger partial charge on any atom is 0.322 e. The van der Waals surface area contributed by atoms with Gasteiger partial charge in [0.1, 0.15) is 24.7 Å². The molecule has 0 saturated carbocycles. The fraction of sp³-hybridized carbons (Fsp3) is 0.688. The fourth-order valence-corrected chi connectivity index (χ4v) is 2.13. The van der Waals surface area contributed by atoms with E-state index in [0.717, 1.165) is 0 Å². The topological polar surface area (TPSA) is 208 Å². The van der Waals surface area contributed by atoms with Gasteiger partial charge in [0, 0.05) is 0 Å². The molecule has 4 unspecified atom stereocenters. The monoisotopic (exact) mass is 404 g/mol. The number of nitrogens with one attached hydrogen (secondary N) is 3. The number of amides is 3. The van der Waals surface area contributed by atoms with Crippen LogP contribution in [0.2, 0.25) is 0 Å². The summed E-state index contributed by atoms with van der Waals surface area (Å²) in [6.45, 7) is 4.13. The molecule has 0 rings (SSSR count). The molecule has 0 bridgehead atoms. The van der Waals surface area contributed by atoms with Gasteiger partial charge in [-0.3, -0.25) is 24.0 Å². The van der Waals surface area contributed by atoms with Crippen molar-refractivity contribution in [2.75, 3.05) is 6.54 Å². The summed E-state index contributed by atoms with van der Waals surface area (Å²) in [4.78, 5) is 58.1.